The van der Waals surface area contributed by atoms with Crippen LogP contribution >= 0.6 is 23.2 Å². The molecule has 1 atom stereocenters. The smallest absolute Gasteiger partial charge is 0.274 e. The van der Waals surface area contributed by atoms with Crippen molar-refractivity contribution in [2.75, 3.05) is 13.2 Å². The molecule has 1 aromatic carbocycles. The molecule has 1 aliphatic rings. The minimum atomic E-state index is -3.75. The molecule has 0 saturated heterocycles. The van der Waals surface area contributed by atoms with Gasteiger partial charge in [-0.2, -0.15) is 13.1 Å². The first-order chi connectivity index (χ1) is 8.35. The maximum atomic E-state index is 10.7. The molecule has 0 aliphatic carbocycles. The number of hydrogen-bond acceptors (Lipinski definition) is 4. The van der Waals surface area contributed by atoms with Crippen LogP contribution in [0.25, 0.3) is 0 Å². The summed E-state index contributed by atoms with van der Waals surface area (Å²) in [7, 11) is -3.75. The van der Waals surface area contributed by atoms with Gasteiger partial charge in [0.25, 0.3) is 10.2 Å². The summed E-state index contributed by atoms with van der Waals surface area (Å²) in [6, 6.07) is 3.06. The van der Waals surface area contributed by atoms with Crippen LogP contribution in [0.5, 0.6) is 11.5 Å². The van der Waals surface area contributed by atoms with E-state index in [4.69, 9.17) is 37.8 Å². The number of rotatable bonds is 3. The zero-order valence-electron chi connectivity index (χ0n) is 9.02. The third-order valence-corrected chi connectivity index (χ3v) is 3.51. The Labute approximate surface area is 114 Å². The van der Waals surface area contributed by atoms with Crippen molar-refractivity contribution in [1.29, 1.82) is 0 Å². The van der Waals surface area contributed by atoms with Crippen LogP contribution in [0.3, 0.4) is 0 Å². The topological polar surface area (TPSA) is 90.7 Å². The quantitative estimate of drug-likeness (QED) is 0.868. The monoisotopic (exact) mass is 312 g/mol. The molecule has 0 radical (unpaired) electrons. The fraction of sp³-hybridized carbons (Fsp3) is 0.333. The molecular formula is C9H10Cl2N2O4S. The molecule has 0 unspecified atom stereocenters. The predicted octanol–water partition coefficient (Wildman–Crippen LogP) is 0.926. The molecule has 0 amide bonds. The lowest BCUT2D eigenvalue weighted by Crippen LogP contribution is -2.42. The van der Waals surface area contributed by atoms with Gasteiger partial charge in [0.05, 0.1) is 16.6 Å². The van der Waals surface area contributed by atoms with Gasteiger partial charge >= 0.3 is 0 Å². The van der Waals surface area contributed by atoms with Gasteiger partial charge < -0.3 is 9.47 Å². The largest absolute Gasteiger partial charge is 0.486 e. The normalized spacial score (nSPS) is 18.7. The molecule has 9 heteroatoms. The van der Waals surface area contributed by atoms with Crippen molar-refractivity contribution in [1.82, 2.24) is 4.72 Å². The second-order valence-corrected chi connectivity index (χ2v) is 5.85. The number of hydrogen-bond donors (Lipinski definition) is 2. The zero-order chi connectivity index (χ0) is 13.3. The summed E-state index contributed by atoms with van der Waals surface area (Å²) >= 11 is 11.7. The highest BCUT2D eigenvalue weighted by Gasteiger charge is 2.23. The summed E-state index contributed by atoms with van der Waals surface area (Å²) in [5.74, 6) is 0.883. The lowest BCUT2D eigenvalue weighted by Gasteiger charge is -2.26. The van der Waals surface area contributed by atoms with E-state index in [1.807, 2.05) is 0 Å². The fourth-order valence-electron chi connectivity index (χ4n) is 1.42. The minimum Gasteiger partial charge on any atom is -0.486 e. The summed E-state index contributed by atoms with van der Waals surface area (Å²) in [6.07, 6.45) is -0.479. The van der Waals surface area contributed by atoms with Gasteiger partial charge in [-0.1, -0.05) is 23.2 Å². The van der Waals surface area contributed by atoms with Crippen LogP contribution in [0, 0.1) is 0 Å². The second kappa shape index (κ2) is 5.10. The van der Waals surface area contributed by atoms with Crippen molar-refractivity contribution in [2.24, 2.45) is 5.14 Å². The summed E-state index contributed by atoms with van der Waals surface area (Å²) in [5.41, 5.74) is 0. The lowest BCUT2D eigenvalue weighted by molar-refractivity contribution is 0.0943. The molecule has 18 heavy (non-hydrogen) atoms. The fourth-order valence-corrected chi connectivity index (χ4v) is 2.15. The van der Waals surface area contributed by atoms with E-state index in [0.717, 1.165) is 0 Å². The highest BCUT2D eigenvalue weighted by Crippen LogP contribution is 2.38. The number of fused-ring (bicyclic) bond motifs is 1. The maximum absolute atomic E-state index is 10.7. The molecule has 0 saturated carbocycles. The second-order valence-electron chi connectivity index (χ2n) is 3.66. The Hall–Kier alpha value is -0.730. The first kappa shape index (κ1) is 13.7. The highest BCUT2D eigenvalue weighted by molar-refractivity contribution is 7.87. The van der Waals surface area contributed by atoms with Crippen molar-refractivity contribution >= 4 is 33.4 Å². The van der Waals surface area contributed by atoms with Gasteiger partial charge in [0, 0.05) is 12.1 Å². The van der Waals surface area contributed by atoms with Crippen molar-refractivity contribution in [3.8, 4) is 11.5 Å². The summed E-state index contributed by atoms with van der Waals surface area (Å²) in [6.45, 7) is 0.200. The van der Waals surface area contributed by atoms with E-state index in [-0.39, 0.29) is 13.2 Å². The molecule has 0 spiro atoms. The van der Waals surface area contributed by atoms with E-state index in [1.54, 1.807) is 6.07 Å². The summed E-state index contributed by atoms with van der Waals surface area (Å²) in [5, 5.41) is 5.51. The van der Waals surface area contributed by atoms with E-state index in [0.29, 0.717) is 21.5 Å². The van der Waals surface area contributed by atoms with Crippen molar-refractivity contribution in [2.45, 2.75) is 6.10 Å². The van der Waals surface area contributed by atoms with Crippen LogP contribution < -0.4 is 19.3 Å². The van der Waals surface area contributed by atoms with Crippen LogP contribution in [0.4, 0.5) is 0 Å². The highest BCUT2D eigenvalue weighted by atomic mass is 35.5. The van der Waals surface area contributed by atoms with Crippen molar-refractivity contribution in [3.05, 3.63) is 22.2 Å². The molecule has 3 N–H and O–H groups in total. The summed E-state index contributed by atoms with van der Waals surface area (Å²) in [4.78, 5) is 0. The van der Waals surface area contributed by atoms with E-state index in [2.05, 4.69) is 4.72 Å². The van der Waals surface area contributed by atoms with E-state index in [1.165, 1.54) is 6.07 Å². The van der Waals surface area contributed by atoms with Crippen LogP contribution in [-0.4, -0.2) is 27.7 Å². The Morgan fingerprint density at radius 3 is 2.56 bits per heavy atom. The van der Waals surface area contributed by atoms with Crippen molar-refractivity contribution in [3.63, 3.8) is 0 Å². The molecule has 2 rings (SSSR count). The Morgan fingerprint density at radius 1 is 1.33 bits per heavy atom. The van der Waals surface area contributed by atoms with Crippen LogP contribution in [0.1, 0.15) is 0 Å². The molecule has 100 valence electrons. The average molecular weight is 313 g/mol. The maximum Gasteiger partial charge on any atom is 0.274 e. The Bertz CT molecular complexity index is 564. The van der Waals surface area contributed by atoms with Gasteiger partial charge in [-0.05, 0) is 0 Å². The van der Waals surface area contributed by atoms with Gasteiger partial charge in [0.2, 0.25) is 0 Å². The lowest BCUT2D eigenvalue weighted by atomic mass is 10.2. The number of benzene rings is 1. The Kier molecular flexibility index (Phi) is 3.88. The molecule has 6 nitrogen and oxygen atoms in total. The van der Waals surface area contributed by atoms with Gasteiger partial charge in [-0.15, -0.1) is 0 Å². The van der Waals surface area contributed by atoms with E-state index >= 15 is 0 Å². The molecule has 1 aliphatic heterocycles. The van der Waals surface area contributed by atoms with Crippen molar-refractivity contribution < 1.29 is 17.9 Å². The van der Waals surface area contributed by atoms with E-state index < -0.39 is 16.3 Å². The third-order valence-electron chi connectivity index (χ3n) is 2.22. The molecule has 0 aromatic heterocycles. The average Bonchev–Trinajstić information content (AvgIpc) is 2.27. The Morgan fingerprint density at radius 2 is 1.94 bits per heavy atom. The third kappa shape index (κ3) is 3.39. The van der Waals surface area contributed by atoms with Crippen LogP contribution in [0.2, 0.25) is 10.0 Å². The van der Waals surface area contributed by atoms with Crippen LogP contribution in [0.15, 0.2) is 12.1 Å². The van der Waals surface area contributed by atoms with Gasteiger partial charge in [0.1, 0.15) is 12.7 Å². The number of nitrogens with two attached hydrogens (primary N) is 1. The standard InChI is InChI=1S/C9H10Cl2N2O4S/c10-6-1-8-9(2-7(6)11)17-5(4-16-8)3-13-18(12,14)15/h1-2,5,13H,3-4H2,(H2,12,14,15)/t5-/m0/s1. The minimum absolute atomic E-state index is 0.0124. The molecule has 1 aromatic rings. The molecule has 0 bridgehead atoms. The number of halogens is 2. The summed E-state index contributed by atoms with van der Waals surface area (Å²) < 4.78 is 34.5. The zero-order valence-corrected chi connectivity index (χ0v) is 11.3. The van der Waals surface area contributed by atoms with Gasteiger partial charge in [-0.3, -0.25) is 0 Å². The van der Waals surface area contributed by atoms with E-state index in [9.17, 15) is 8.42 Å². The van der Waals surface area contributed by atoms with Gasteiger partial charge in [-0.25, -0.2) is 5.14 Å². The van der Waals surface area contributed by atoms with Gasteiger partial charge in [0.15, 0.2) is 11.5 Å². The first-order valence-electron chi connectivity index (χ1n) is 4.91. The first-order valence-corrected chi connectivity index (χ1v) is 7.21. The molecular weight excluding hydrogens is 303 g/mol. The number of ether oxygens (including phenoxy) is 2. The number of nitrogens with one attached hydrogen (secondary N) is 1. The Balaban J connectivity index is 2.08. The SMILES string of the molecule is NS(=O)(=O)NC[C@H]1COc2cc(Cl)c(Cl)cc2O1. The van der Waals surface area contributed by atoms with Crippen LogP contribution in [-0.2, 0) is 10.2 Å². The molecule has 1 heterocycles. The predicted molar refractivity (Wildman–Crippen MR) is 67.5 cm³/mol. The molecule has 0 fully saturated rings.